The maximum atomic E-state index is 13.3. The molecule has 0 radical (unpaired) electrons. The predicted octanol–water partition coefficient (Wildman–Crippen LogP) is 2.38. The molecule has 118 valence electrons. The molecule has 2 N–H and O–H groups in total. The monoisotopic (exact) mass is 323 g/mol. The zero-order valence-electron chi connectivity index (χ0n) is 12.2. The van der Waals surface area contributed by atoms with Gasteiger partial charge in [-0.25, -0.2) is 4.39 Å². The number of ether oxygens (including phenoxy) is 1. The number of hydrogen-bond acceptors (Lipinski definition) is 4. The minimum atomic E-state index is -1.05. The van der Waals surface area contributed by atoms with E-state index in [1.165, 1.54) is 12.1 Å². The topological polar surface area (TPSA) is 58.6 Å². The van der Waals surface area contributed by atoms with Crippen molar-refractivity contribution in [2.45, 2.75) is 18.9 Å². The number of rotatable bonds is 7. The van der Waals surface area contributed by atoms with E-state index < -0.39 is 17.3 Å². The van der Waals surface area contributed by atoms with Gasteiger partial charge in [-0.3, -0.25) is 4.79 Å². The molecule has 1 atom stereocenters. The number of nitrogens with one attached hydrogen (secondary N) is 1. The molecule has 1 heterocycles. The molecule has 22 heavy (non-hydrogen) atoms. The number of para-hydroxylation sites is 1. The van der Waals surface area contributed by atoms with Crippen LogP contribution in [0.2, 0.25) is 0 Å². The van der Waals surface area contributed by atoms with E-state index in [0.717, 1.165) is 5.56 Å². The molecule has 2 rings (SSSR count). The van der Waals surface area contributed by atoms with E-state index in [4.69, 9.17) is 4.74 Å². The van der Waals surface area contributed by atoms with E-state index in [9.17, 15) is 14.3 Å². The number of carbonyl (C=O) groups excluding carboxylic acids is 1. The second-order valence-electron chi connectivity index (χ2n) is 5.30. The van der Waals surface area contributed by atoms with Crippen LogP contribution in [0.4, 0.5) is 4.39 Å². The molecular formula is C16H18FNO3S. The Kier molecular flexibility index (Phi) is 5.51. The fourth-order valence-corrected chi connectivity index (χ4v) is 2.61. The lowest BCUT2D eigenvalue weighted by molar-refractivity contribution is -0.124. The van der Waals surface area contributed by atoms with Crippen molar-refractivity contribution in [2.24, 2.45) is 0 Å². The molecule has 0 spiro atoms. The number of halogens is 1. The minimum Gasteiger partial charge on any atom is -0.481 e. The molecule has 1 amide bonds. The highest BCUT2D eigenvalue weighted by Crippen LogP contribution is 2.16. The highest BCUT2D eigenvalue weighted by molar-refractivity contribution is 7.07. The van der Waals surface area contributed by atoms with Crippen molar-refractivity contribution >= 4 is 17.2 Å². The Labute approximate surface area is 132 Å². The standard InChI is InChI=1S/C16H18FNO3S/c1-16(20,8-12-6-7-22-10-12)11-18-15(19)9-21-14-5-3-2-4-13(14)17/h2-7,10,20H,8-9,11H2,1H3,(H,18,19). The smallest absolute Gasteiger partial charge is 0.258 e. The molecule has 0 saturated heterocycles. The van der Waals surface area contributed by atoms with Crippen molar-refractivity contribution in [3.05, 3.63) is 52.5 Å². The summed E-state index contributed by atoms with van der Waals surface area (Å²) in [5.41, 5.74) is -0.0267. The summed E-state index contributed by atoms with van der Waals surface area (Å²) < 4.78 is 18.4. The van der Waals surface area contributed by atoms with E-state index in [2.05, 4.69) is 5.32 Å². The molecule has 4 nitrogen and oxygen atoms in total. The normalized spacial score (nSPS) is 13.4. The zero-order chi connectivity index (χ0) is 16.0. The van der Waals surface area contributed by atoms with Crippen LogP contribution in [0.3, 0.4) is 0 Å². The van der Waals surface area contributed by atoms with Crippen molar-refractivity contribution in [2.75, 3.05) is 13.2 Å². The van der Waals surface area contributed by atoms with E-state index in [0.29, 0.717) is 6.42 Å². The van der Waals surface area contributed by atoms with E-state index in [1.807, 2.05) is 16.8 Å². The zero-order valence-corrected chi connectivity index (χ0v) is 13.0. The maximum absolute atomic E-state index is 13.3. The molecule has 2 aromatic rings. The van der Waals surface area contributed by atoms with Gasteiger partial charge in [-0.05, 0) is 41.4 Å². The molecule has 0 bridgehead atoms. The summed E-state index contributed by atoms with van der Waals surface area (Å²) in [4.78, 5) is 11.7. The quantitative estimate of drug-likeness (QED) is 0.822. The van der Waals surface area contributed by atoms with Gasteiger partial charge < -0.3 is 15.2 Å². The predicted molar refractivity (Wildman–Crippen MR) is 83.6 cm³/mol. The van der Waals surface area contributed by atoms with Gasteiger partial charge >= 0.3 is 0 Å². The summed E-state index contributed by atoms with van der Waals surface area (Å²) in [6.45, 7) is 1.46. The Bertz CT molecular complexity index is 614. The van der Waals surface area contributed by atoms with Crippen LogP contribution in [0.5, 0.6) is 5.75 Å². The van der Waals surface area contributed by atoms with Crippen LogP contribution in [0.25, 0.3) is 0 Å². The summed E-state index contributed by atoms with van der Waals surface area (Å²) in [6.07, 6.45) is 0.449. The van der Waals surface area contributed by atoms with Gasteiger partial charge in [-0.15, -0.1) is 0 Å². The maximum Gasteiger partial charge on any atom is 0.258 e. The summed E-state index contributed by atoms with van der Waals surface area (Å²) in [6, 6.07) is 7.82. The van der Waals surface area contributed by atoms with Crippen molar-refractivity contribution < 1.29 is 19.0 Å². The van der Waals surface area contributed by atoms with Crippen molar-refractivity contribution in [3.8, 4) is 5.75 Å². The highest BCUT2D eigenvalue weighted by Gasteiger charge is 2.22. The van der Waals surface area contributed by atoms with Crippen LogP contribution >= 0.6 is 11.3 Å². The third-order valence-electron chi connectivity index (χ3n) is 3.03. The number of thiophene rings is 1. The van der Waals surface area contributed by atoms with Crippen LogP contribution in [-0.4, -0.2) is 29.8 Å². The molecule has 1 aromatic heterocycles. The van der Waals surface area contributed by atoms with E-state index >= 15 is 0 Å². The van der Waals surface area contributed by atoms with Crippen LogP contribution in [0.15, 0.2) is 41.1 Å². The third-order valence-corrected chi connectivity index (χ3v) is 3.76. The Morgan fingerprint density at radius 1 is 1.41 bits per heavy atom. The summed E-state index contributed by atoms with van der Waals surface area (Å²) >= 11 is 1.56. The first-order valence-corrected chi connectivity index (χ1v) is 7.78. The minimum absolute atomic E-state index is 0.0303. The van der Waals surface area contributed by atoms with Gasteiger partial charge in [0.2, 0.25) is 0 Å². The summed E-state index contributed by atoms with van der Waals surface area (Å²) in [7, 11) is 0. The average molecular weight is 323 g/mol. The molecule has 0 aliphatic carbocycles. The first kappa shape index (κ1) is 16.5. The fraction of sp³-hybridized carbons (Fsp3) is 0.312. The molecule has 0 aliphatic rings. The van der Waals surface area contributed by atoms with E-state index in [-0.39, 0.29) is 18.9 Å². The van der Waals surface area contributed by atoms with Crippen LogP contribution in [-0.2, 0) is 11.2 Å². The van der Waals surface area contributed by atoms with Gasteiger partial charge in [-0.2, -0.15) is 11.3 Å². The molecule has 1 aromatic carbocycles. The second kappa shape index (κ2) is 7.38. The molecule has 0 fully saturated rings. The lowest BCUT2D eigenvalue weighted by Crippen LogP contribution is -2.43. The molecule has 0 aliphatic heterocycles. The molecule has 6 heteroatoms. The lowest BCUT2D eigenvalue weighted by Gasteiger charge is -2.23. The average Bonchev–Trinajstić information content (AvgIpc) is 2.96. The van der Waals surface area contributed by atoms with Crippen molar-refractivity contribution in [1.29, 1.82) is 0 Å². The van der Waals surface area contributed by atoms with Gasteiger partial charge in [-0.1, -0.05) is 12.1 Å². The van der Waals surface area contributed by atoms with Gasteiger partial charge in [0.15, 0.2) is 18.2 Å². The van der Waals surface area contributed by atoms with Gasteiger partial charge in [0.25, 0.3) is 5.91 Å². The first-order valence-electron chi connectivity index (χ1n) is 6.84. The number of carbonyl (C=O) groups is 1. The fourth-order valence-electron chi connectivity index (χ4n) is 1.94. The highest BCUT2D eigenvalue weighted by atomic mass is 32.1. The molecule has 0 saturated carbocycles. The second-order valence-corrected chi connectivity index (χ2v) is 6.08. The Morgan fingerprint density at radius 3 is 2.86 bits per heavy atom. The molecular weight excluding hydrogens is 305 g/mol. The van der Waals surface area contributed by atoms with E-state index in [1.54, 1.807) is 30.4 Å². The SMILES string of the molecule is CC(O)(CNC(=O)COc1ccccc1F)Cc1ccsc1. The number of amides is 1. The Hall–Kier alpha value is -1.92. The summed E-state index contributed by atoms with van der Waals surface area (Å²) in [5, 5.41) is 16.7. The first-order chi connectivity index (χ1) is 10.5. The van der Waals surface area contributed by atoms with Crippen LogP contribution < -0.4 is 10.1 Å². The Morgan fingerprint density at radius 2 is 2.18 bits per heavy atom. The van der Waals surface area contributed by atoms with Gasteiger partial charge in [0.05, 0.1) is 5.60 Å². The number of benzene rings is 1. The van der Waals surface area contributed by atoms with Crippen molar-refractivity contribution in [3.63, 3.8) is 0 Å². The number of aliphatic hydroxyl groups is 1. The Balaban J connectivity index is 1.76. The largest absolute Gasteiger partial charge is 0.481 e. The third kappa shape index (κ3) is 5.13. The van der Waals surface area contributed by atoms with Gasteiger partial charge in [0.1, 0.15) is 0 Å². The lowest BCUT2D eigenvalue weighted by atomic mass is 9.98. The van der Waals surface area contributed by atoms with Crippen LogP contribution in [0, 0.1) is 5.82 Å². The van der Waals surface area contributed by atoms with Crippen molar-refractivity contribution in [1.82, 2.24) is 5.32 Å². The number of hydrogen-bond donors (Lipinski definition) is 2. The van der Waals surface area contributed by atoms with Gasteiger partial charge in [0, 0.05) is 13.0 Å². The summed E-state index contributed by atoms with van der Waals surface area (Å²) in [5.74, 6) is -0.892. The van der Waals surface area contributed by atoms with Crippen LogP contribution in [0.1, 0.15) is 12.5 Å². The molecule has 1 unspecified atom stereocenters.